The van der Waals surface area contributed by atoms with Crippen LogP contribution in [-0.4, -0.2) is 41.6 Å². The molecular weight excluding hydrogens is 470 g/mol. The molecule has 0 spiro atoms. The molecule has 0 saturated carbocycles. The Morgan fingerprint density at radius 3 is 2.73 bits per heavy atom. The van der Waals surface area contributed by atoms with Crippen molar-refractivity contribution in [3.63, 3.8) is 0 Å². The topological polar surface area (TPSA) is 130 Å². The van der Waals surface area contributed by atoms with Crippen molar-refractivity contribution in [2.45, 2.75) is 16.2 Å². The summed E-state index contributed by atoms with van der Waals surface area (Å²) in [5, 5.41) is 15.6. The molecule has 0 bridgehead atoms. The molecule has 1 aromatic heterocycles. The average molecular weight is 488 g/mol. The van der Waals surface area contributed by atoms with E-state index < -0.39 is 23.4 Å². The number of benzene rings is 2. The zero-order valence-corrected chi connectivity index (χ0v) is 18.9. The number of carbonyl (C=O) groups excluding carboxylic acids is 2. The number of anilines is 1. The molecule has 170 valence electrons. The van der Waals surface area contributed by atoms with E-state index in [0.29, 0.717) is 39.6 Å². The summed E-state index contributed by atoms with van der Waals surface area (Å²) in [4.78, 5) is 40.3. The average Bonchev–Trinajstić information content (AvgIpc) is 3.22. The van der Waals surface area contributed by atoms with Gasteiger partial charge in [0.1, 0.15) is 13.2 Å². The van der Waals surface area contributed by atoms with Crippen LogP contribution in [0.4, 0.5) is 11.4 Å². The van der Waals surface area contributed by atoms with Crippen molar-refractivity contribution in [1.29, 1.82) is 0 Å². The highest BCUT2D eigenvalue weighted by molar-refractivity contribution is 8.01. The third kappa shape index (κ3) is 5.59. The zero-order valence-electron chi connectivity index (χ0n) is 17.2. The predicted molar refractivity (Wildman–Crippen MR) is 120 cm³/mol. The Bertz CT molecular complexity index is 1230. The summed E-state index contributed by atoms with van der Waals surface area (Å²) in [6, 6.07) is 8.81. The van der Waals surface area contributed by atoms with Crippen molar-refractivity contribution >= 4 is 46.3 Å². The molecule has 0 fully saturated rings. The van der Waals surface area contributed by atoms with E-state index in [0.717, 1.165) is 11.8 Å². The van der Waals surface area contributed by atoms with Gasteiger partial charge in [0.2, 0.25) is 0 Å². The molecule has 1 aliphatic rings. The van der Waals surface area contributed by atoms with Gasteiger partial charge in [-0.2, -0.15) is 0 Å². The van der Waals surface area contributed by atoms with Crippen LogP contribution >= 0.6 is 23.1 Å². The van der Waals surface area contributed by atoms with Gasteiger partial charge in [-0.1, -0.05) is 11.8 Å². The Kier molecular flexibility index (Phi) is 6.75. The first-order chi connectivity index (χ1) is 15.9. The van der Waals surface area contributed by atoms with E-state index in [-0.39, 0.29) is 11.3 Å². The number of esters is 1. The fourth-order valence-corrected chi connectivity index (χ4v) is 4.77. The number of rotatable bonds is 7. The minimum Gasteiger partial charge on any atom is -0.486 e. The molecule has 0 radical (unpaired) electrons. The second kappa shape index (κ2) is 9.88. The molecular formula is C21H17N3O7S2. The Morgan fingerprint density at radius 2 is 2.00 bits per heavy atom. The number of thiazole rings is 1. The van der Waals surface area contributed by atoms with Crippen molar-refractivity contribution in [3.8, 4) is 11.5 Å². The lowest BCUT2D eigenvalue weighted by molar-refractivity contribution is -0.384. The highest BCUT2D eigenvalue weighted by Gasteiger charge is 2.21. The zero-order chi connectivity index (χ0) is 23.4. The lowest BCUT2D eigenvalue weighted by Crippen LogP contribution is -2.21. The van der Waals surface area contributed by atoms with Crippen LogP contribution in [0.1, 0.15) is 16.1 Å². The molecule has 1 amide bonds. The van der Waals surface area contributed by atoms with Gasteiger partial charge in [-0.15, -0.1) is 11.3 Å². The monoisotopic (exact) mass is 487 g/mol. The van der Waals surface area contributed by atoms with Crippen molar-refractivity contribution in [3.05, 3.63) is 63.1 Å². The van der Waals surface area contributed by atoms with Crippen LogP contribution in [0.5, 0.6) is 11.5 Å². The molecule has 3 aromatic rings. The van der Waals surface area contributed by atoms with Crippen molar-refractivity contribution in [2.75, 3.05) is 25.1 Å². The molecule has 0 atom stereocenters. The van der Waals surface area contributed by atoms with Crippen LogP contribution in [0.3, 0.4) is 0 Å². The van der Waals surface area contributed by atoms with Gasteiger partial charge in [0.05, 0.1) is 10.5 Å². The van der Waals surface area contributed by atoms with Gasteiger partial charge in [0.15, 0.2) is 22.4 Å². The first-order valence-electron chi connectivity index (χ1n) is 9.64. The third-order valence-electron chi connectivity index (χ3n) is 4.35. The van der Waals surface area contributed by atoms with E-state index in [1.807, 2.05) is 12.3 Å². The number of fused-ring (bicyclic) bond motifs is 1. The normalized spacial score (nSPS) is 12.2. The summed E-state index contributed by atoms with van der Waals surface area (Å²) in [6.45, 7) is 2.13. The molecule has 0 saturated heterocycles. The Labute approximate surface area is 196 Å². The standard InChI is InChI=1S/C21H17N3O7S2/c1-12-11-32-21(22-12)33-18-5-3-14(24(27)28)9-15(18)20(26)31-10-19(25)23-13-2-4-16-17(8-13)30-7-6-29-16/h2-5,8-9,11H,6-7,10H2,1H3,(H,23,25). The van der Waals surface area contributed by atoms with E-state index in [1.54, 1.807) is 18.2 Å². The number of amides is 1. The first kappa shape index (κ1) is 22.6. The predicted octanol–water partition coefficient (Wildman–Crippen LogP) is 4.08. The van der Waals surface area contributed by atoms with Crippen LogP contribution in [0, 0.1) is 17.0 Å². The number of ether oxygens (including phenoxy) is 3. The maximum absolute atomic E-state index is 12.7. The fourth-order valence-electron chi connectivity index (χ4n) is 2.88. The Hall–Kier alpha value is -3.64. The van der Waals surface area contributed by atoms with Gasteiger partial charge in [-0.25, -0.2) is 9.78 Å². The first-order valence-corrected chi connectivity index (χ1v) is 11.3. The number of carbonyl (C=O) groups is 2. The SMILES string of the molecule is Cc1csc(Sc2ccc([N+](=O)[O-])cc2C(=O)OCC(=O)Nc2ccc3c(c2)OCCO3)n1. The molecule has 33 heavy (non-hydrogen) atoms. The van der Waals surface area contributed by atoms with Crippen molar-refractivity contribution < 1.29 is 28.7 Å². The summed E-state index contributed by atoms with van der Waals surface area (Å²) in [6.07, 6.45) is 0. The minimum atomic E-state index is -0.855. The number of aromatic nitrogens is 1. The largest absolute Gasteiger partial charge is 0.486 e. The quantitative estimate of drug-likeness (QED) is 0.298. The number of nitro groups is 1. The minimum absolute atomic E-state index is 0.0193. The molecule has 4 rings (SSSR count). The van der Waals surface area contributed by atoms with E-state index >= 15 is 0 Å². The molecule has 0 aliphatic carbocycles. The van der Waals surface area contributed by atoms with Gasteiger partial charge in [0, 0.05) is 39.9 Å². The maximum atomic E-state index is 12.7. The van der Waals surface area contributed by atoms with Crippen LogP contribution in [-0.2, 0) is 9.53 Å². The van der Waals surface area contributed by atoms with E-state index in [9.17, 15) is 19.7 Å². The summed E-state index contributed by atoms with van der Waals surface area (Å²) in [5.74, 6) is -0.342. The number of hydrogen-bond donors (Lipinski definition) is 1. The summed E-state index contributed by atoms with van der Waals surface area (Å²) in [5.41, 5.74) is 0.993. The van der Waals surface area contributed by atoms with Crippen molar-refractivity contribution in [1.82, 2.24) is 4.98 Å². The van der Waals surface area contributed by atoms with Crippen LogP contribution in [0.25, 0.3) is 0 Å². The van der Waals surface area contributed by atoms with Gasteiger partial charge in [-0.3, -0.25) is 14.9 Å². The van der Waals surface area contributed by atoms with Gasteiger partial charge < -0.3 is 19.5 Å². The lowest BCUT2D eigenvalue weighted by atomic mass is 10.2. The molecule has 10 nitrogen and oxygen atoms in total. The number of hydrogen-bond acceptors (Lipinski definition) is 10. The fraction of sp³-hybridized carbons (Fsp3) is 0.190. The van der Waals surface area contributed by atoms with Gasteiger partial charge in [0.25, 0.3) is 11.6 Å². The van der Waals surface area contributed by atoms with Crippen molar-refractivity contribution in [2.24, 2.45) is 0 Å². The van der Waals surface area contributed by atoms with E-state index in [1.165, 1.54) is 35.2 Å². The van der Waals surface area contributed by atoms with E-state index in [4.69, 9.17) is 14.2 Å². The summed E-state index contributed by atoms with van der Waals surface area (Å²) >= 11 is 2.58. The molecule has 12 heteroatoms. The Balaban J connectivity index is 1.44. The molecule has 2 aromatic carbocycles. The third-order valence-corrected chi connectivity index (χ3v) is 6.48. The number of non-ortho nitro benzene ring substituents is 1. The van der Waals surface area contributed by atoms with Crippen LogP contribution < -0.4 is 14.8 Å². The molecule has 0 unspecified atom stereocenters. The Morgan fingerprint density at radius 1 is 1.21 bits per heavy atom. The lowest BCUT2D eigenvalue weighted by Gasteiger charge is -2.19. The van der Waals surface area contributed by atoms with E-state index in [2.05, 4.69) is 10.3 Å². The molecule has 1 aliphatic heterocycles. The number of nitrogens with zero attached hydrogens (tertiary/aromatic N) is 2. The molecule has 1 N–H and O–H groups in total. The van der Waals surface area contributed by atoms with Crippen LogP contribution in [0.15, 0.2) is 51.0 Å². The smallest absolute Gasteiger partial charge is 0.340 e. The number of nitro benzene ring substituents is 1. The van der Waals surface area contributed by atoms with Gasteiger partial charge in [-0.05, 0) is 25.1 Å². The van der Waals surface area contributed by atoms with Gasteiger partial charge >= 0.3 is 5.97 Å². The number of nitrogens with one attached hydrogen (secondary N) is 1. The summed E-state index contributed by atoms with van der Waals surface area (Å²) in [7, 11) is 0. The van der Waals surface area contributed by atoms with Crippen LogP contribution in [0.2, 0.25) is 0 Å². The highest BCUT2D eigenvalue weighted by atomic mass is 32.2. The maximum Gasteiger partial charge on any atom is 0.340 e. The summed E-state index contributed by atoms with van der Waals surface area (Å²) < 4.78 is 16.7. The second-order valence-corrected chi connectivity index (χ2v) is 8.92. The second-order valence-electron chi connectivity index (χ2n) is 6.78. The number of aryl methyl sites for hydroxylation is 1. The molecule has 2 heterocycles. The highest BCUT2D eigenvalue weighted by Crippen LogP contribution is 2.35.